The van der Waals surface area contributed by atoms with Crippen molar-refractivity contribution in [1.82, 2.24) is 0 Å². The van der Waals surface area contributed by atoms with Crippen molar-refractivity contribution in [3.8, 4) is 0 Å². The number of halogens is 3. The van der Waals surface area contributed by atoms with Gasteiger partial charge in [0.15, 0.2) is 6.29 Å². The Morgan fingerprint density at radius 2 is 1.88 bits per heavy atom. The van der Waals surface area contributed by atoms with Gasteiger partial charge in [-0.1, -0.05) is 13.3 Å². The molecule has 0 atom stereocenters. The van der Waals surface area contributed by atoms with Gasteiger partial charge in [0.05, 0.1) is 10.0 Å². The average molecular weight is 285 g/mol. The zero-order chi connectivity index (χ0) is 11.8. The maximum absolute atomic E-state index is 12.6. The largest absolute Gasteiger partial charge is 1.00 e. The van der Waals surface area contributed by atoms with Crippen molar-refractivity contribution < 1.29 is 32.4 Å². The van der Waals surface area contributed by atoms with Crippen molar-refractivity contribution in [1.29, 1.82) is 0 Å². The van der Waals surface area contributed by atoms with Gasteiger partial charge >= 0.3 is 18.9 Å². The molecule has 0 aliphatic carbocycles. The first kappa shape index (κ1) is 18.2. The third-order valence-electron chi connectivity index (χ3n) is 1.52. The first-order chi connectivity index (χ1) is 7.06. The smallest absolute Gasteiger partial charge is 0.343 e. The first-order valence-corrected chi connectivity index (χ1v) is 5.25. The summed E-state index contributed by atoms with van der Waals surface area (Å²) >= 11 is 2.78. The average Bonchev–Trinajstić information content (AvgIpc) is 2.24. The molecular weight excluding hydrogens is 273 g/mol. The minimum Gasteiger partial charge on any atom is -0.343 e. The number of aldehydes is 1. The standard InChI is InChI=1S/C7H3BrF2O.C4H9.Li/c8-5-2-6(9)4(3-11)1-7(5)10;1-3-4-2;/h1-3H;1,3-4H2,2H3;/q;-1;+1. The van der Waals surface area contributed by atoms with Crippen LogP contribution in [0.5, 0.6) is 0 Å². The summed E-state index contributed by atoms with van der Waals surface area (Å²) in [5.41, 5.74) is -0.272. The van der Waals surface area contributed by atoms with Gasteiger partial charge in [0.25, 0.3) is 0 Å². The SMILES string of the molecule is O=Cc1cc(F)c(Br)cc1F.[CH2-]CCC.[Li+]. The number of unbranched alkanes of at least 4 members (excludes halogenated alkanes) is 1. The molecule has 0 bridgehead atoms. The molecule has 0 amide bonds. The summed E-state index contributed by atoms with van der Waals surface area (Å²) in [6.45, 7) is 5.72. The fraction of sp³-hybridized carbons (Fsp3) is 0.273. The quantitative estimate of drug-likeness (QED) is 0.345. The van der Waals surface area contributed by atoms with E-state index in [4.69, 9.17) is 0 Å². The fourth-order valence-electron chi connectivity index (χ4n) is 0.628. The van der Waals surface area contributed by atoms with Crippen LogP contribution in [0.2, 0.25) is 0 Å². The van der Waals surface area contributed by atoms with Gasteiger partial charge in [0.1, 0.15) is 11.6 Å². The molecule has 0 fully saturated rings. The van der Waals surface area contributed by atoms with E-state index in [2.05, 4.69) is 29.8 Å². The molecule has 1 aromatic rings. The van der Waals surface area contributed by atoms with Crippen molar-refractivity contribution in [2.45, 2.75) is 19.8 Å². The van der Waals surface area contributed by atoms with Crippen LogP contribution in [0.15, 0.2) is 16.6 Å². The molecule has 1 nitrogen and oxygen atoms in total. The van der Waals surface area contributed by atoms with Crippen LogP contribution in [0.4, 0.5) is 8.78 Å². The Labute approximate surface area is 115 Å². The zero-order valence-corrected chi connectivity index (χ0v) is 11.0. The molecule has 0 heterocycles. The fourth-order valence-corrected chi connectivity index (χ4v) is 0.944. The second-order valence-electron chi connectivity index (χ2n) is 2.76. The van der Waals surface area contributed by atoms with Crippen LogP contribution >= 0.6 is 15.9 Å². The molecule has 5 heteroatoms. The Bertz CT molecular complexity index is 330. The number of hydrogen-bond acceptors (Lipinski definition) is 1. The van der Waals surface area contributed by atoms with E-state index in [1.54, 1.807) is 0 Å². The molecule has 0 aliphatic rings. The van der Waals surface area contributed by atoms with Gasteiger partial charge in [-0.3, -0.25) is 4.79 Å². The molecule has 0 unspecified atom stereocenters. The van der Waals surface area contributed by atoms with E-state index in [0.717, 1.165) is 18.6 Å². The van der Waals surface area contributed by atoms with Gasteiger partial charge in [0.2, 0.25) is 0 Å². The maximum Gasteiger partial charge on any atom is 1.00 e. The molecular formula is C11H12BrF2LiO. The first-order valence-electron chi connectivity index (χ1n) is 4.45. The van der Waals surface area contributed by atoms with Crippen LogP contribution in [-0.2, 0) is 0 Å². The van der Waals surface area contributed by atoms with Gasteiger partial charge in [0, 0.05) is 0 Å². The summed E-state index contributed by atoms with van der Waals surface area (Å²) in [4.78, 5) is 10.1. The monoisotopic (exact) mass is 284 g/mol. The van der Waals surface area contributed by atoms with Gasteiger partial charge in [-0.25, -0.2) is 8.78 Å². The predicted molar refractivity (Wildman–Crippen MR) is 59.7 cm³/mol. The second kappa shape index (κ2) is 10.0. The molecule has 0 saturated carbocycles. The van der Waals surface area contributed by atoms with Crippen LogP contribution in [0, 0.1) is 18.6 Å². The van der Waals surface area contributed by atoms with Gasteiger partial charge < -0.3 is 6.92 Å². The number of hydrogen-bond donors (Lipinski definition) is 0. The molecule has 0 aromatic heterocycles. The number of rotatable bonds is 2. The van der Waals surface area contributed by atoms with Crippen LogP contribution in [0.25, 0.3) is 0 Å². The van der Waals surface area contributed by atoms with Crippen molar-refractivity contribution in [3.63, 3.8) is 0 Å². The molecule has 0 spiro atoms. The van der Waals surface area contributed by atoms with E-state index >= 15 is 0 Å². The predicted octanol–water partition coefficient (Wildman–Crippen LogP) is 1.16. The van der Waals surface area contributed by atoms with E-state index in [9.17, 15) is 13.6 Å². The van der Waals surface area contributed by atoms with Crippen molar-refractivity contribution in [2.75, 3.05) is 0 Å². The second-order valence-corrected chi connectivity index (χ2v) is 3.61. The van der Waals surface area contributed by atoms with E-state index < -0.39 is 11.6 Å². The zero-order valence-electron chi connectivity index (χ0n) is 9.40. The summed E-state index contributed by atoms with van der Waals surface area (Å²) in [5.74, 6) is -1.37. The molecule has 0 radical (unpaired) electrons. The summed E-state index contributed by atoms with van der Waals surface area (Å²) in [7, 11) is 0. The van der Waals surface area contributed by atoms with E-state index in [-0.39, 0.29) is 35.2 Å². The minimum atomic E-state index is -0.728. The van der Waals surface area contributed by atoms with Gasteiger partial charge in [-0.15, -0.1) is 0 Å². The Morgan fingerprint density at radius 1 is 1.38 bits per heavy atom. The van der Waals surface area contributed by atoms with Crippen molar-refractivity contribution in [3.05, 3.63) is 40.7 Å². The number of carbonyl (C=O) groups excluding carboxylic acids is 1. The molecule has 0 saturated heterocycles. The maximum atomic E-state index is 12.6. The minimum absolute atomic E-state index is 0. The van der Waals surface area contributed by atoms with E-state index in [1.165, 1.54) is 6.42 Å². The Kier molecular flexibility index (Phi) is 11.4. The number of benzene rings is 1. The summed E-state index contributed by atoms with van der Waals surface area (Å²) in [5, 5.41) is 0. The Balaban J connectivity index is 0. The Hall–Kier alpha value is -0.173. The molecule has 16 heavy (non-hydrogen) atoms. The van der Waals surface area contributed by atoms with Gasteiger partial charge in [-0.05, 0) is 28.1 Å². The summed E-state index contributed by atoms with van der Waals surface area (Å²) in [6, 6.07) is 1.76. The van der Waals surface area contributed by atoms with Crippen molar-refractivity contribution in [2.24, 2.45) is 0 Å². The Morgan fingerprint density at radius 3 is 2.25 bits per heavy atom. The van der Waals surface area contributed by atoms with Crippen LogP contribution in [0.1, 0.15) is 30.1 Å². The number of carbonyl (C=O) groups is 1. The summed E-state index contributed by atoms with van der Waals surface area (Å²) < 4.78 is 25.2. The van der Waals surface area contributed by atoms with Crippen molar-refractivity contribution >= 4 is 22.2 Å². The molecule has 0 N–H and O–H groups in total. The topological polar surface area (TPSA) is 17.1 Å². The molecule has 84 valence electrons. The normalized spacial score (nSPS) is 8.56. The van der Waals surface area contributed by atoms with Crippen LogP contribution < -0.4 is 18.9 Å². The van der Waals surface area contributed by atoms with E-state index in [0.29, 0.717) is 0 Å². The van der Waals surface area contributed by atoms with E-state index in [1.807, 2.05) is 0 Å². The van der Waals surface area contributed by atoms with Crippen LogP contribution in [0.3, 0.4) is 0 Å². The third-order valence-corrected chi connectivity index (χ3v) is 2.13. The van der Waals surface area contributed by atoms with Gasteiger partial charge in [-0.2, -0.15) is 6.42 Å². The summed E-state index contributed by atoms with van der Waals surface area (Å²) in [6.07, 6.45) is 2.55. The molecule has 1 rings (SSSR count). The molecule has 0 aliphatic heterocycles. The molecule has 1 aromatic carbocycles. The van der Waals surface area contributed by atoms with Crippen LogP contribution in [-0.4, -0.2) is 6.29 Å². The third kappa shape index (κ3) is 6.42.